The smallest absolute Gasteiger partial charge is 0.257 e. The fraction of sp³-hybridized carbons (Fsp3) is 0.450. The zero-order valence-corrected chi connectivity index (χ0v) is 15.5. The summed E-state index contributed by atoms with van der Waals surface area (Å²) in [6.07, 6.45) is 4.60. The summed E-state index contributed by atoms with van der Waals surface area (Å²) in [5.74, 6) is 2.21. The summed E-state index contributed by atoms with van der Waals surface area (Å²) in [6.45, 7) is 7.70. The van der Waals surface area contributed by atoms with Crippen LogP contribution in [0.3, 0.4) is 0 Å². The molecule has 1 aliphatic heterocycles. The molecule has 1 aliphatic rings. The van der Waals surface area contributed by atoms with Crippen LogP contribution in [0.5, 0.6) is 5.75 Å². The second-order valence-corrected chi connectivity index (χ2v) is 7.04. The van der Waals surface area contributed by atoms with Gasteiger partial charge >= 0.3 is 0 Å². The summed E-state index contributed by atoms with van der Waals surface area (Å²) in [5.41, 5.74) is 1.55. The maximum absolute atomic E-state index is 12.9. The zero-order valence-electron chi connectivity index (χ0n) is 15.5. The van der Waals surface area contributed by atoms with Crippen LogP contribution in [0.1, 0.15) is 35.9 Å². The molecular weight excluding hydrogens is 328 g/mol. The van der Waals surface area contributed by atoms with E-state index in [2.05, 4.69) is 16.8 Å². The Kier molecular flexibility index (Phi) is 5.71. The number of hydrogen-bond acceptors (Lipinski definition) is 4. The summed E-state index contributed by atoms with van der Waals surface area (Å²) in [7, 11) is 1.97. The number of ether oxygens (including phenoxy) is 1. The first kappa shape index (κ1) is 18.2. The van der Waals surface area contributed by atoms with E-state index in [1.54, 1.807) is 6.33 Å². The van der Waals surface area contributed by atoms with Gasteiger partial charge in [0.15, 0.2) is 0 Å². The van der Waals surface area contributed by atoms with Gasteiger partial charge < -0.3 is 14.2 Å². The number of para-hydroxylation sites is 1. The molecular formula is C20H26N4O2. The second kappa shape index (κ2) is 8.17. The van der Waals surface area contributed by atoms with Crippen molar-refractivity contribution in [2.75, 3.05) is 19.7 Å². The number of aromatic nitrogens is 3. The van der Waals surface area contributed by atoms with Crippen LogP contribution in [0.2, 0.25) is 0 Å². The number of aryl methyl sites for hydroxylation is 1. The van der Waals surface area contributed by atoms with Crippen LogP contribution in [0.25, 0.3) is 0 Å². The van der Waals surface area contributed by atoms with Crippen molar-refractivity contribution in [3.05, 3.63) is 54.1 Å². The molecule has 2 heterocycles. The monoisotopic (exact) mass is 354 g/mol. The molecule has 0 atom stereocenters. The van der Waals surface area contributed by atoms with E-state index in [4.69, 9.17) is 4.74 Å². The van der Waals surface area contributed by atoms with Gasteiger partial charge in [-0.2, -0.15) is 0 Å². The molecule has 3 rings (SSSR count). The highest BCUT2D eigenvalue weighted by Gasteiger charge is 2.26. The summed E-state index contributed by atoms with van der Waals surface area (Å²) >= 11 is 0. The van der Waals surface area contributed by atoms with Gasteiger partial charge in [0.05, 0.1) is 5.56 Å². The molecule has 0 saturated carbocycles. The maximum Gasteiger partial charge on any atom is 0.257 e. The van der Waals surface area contributed by atoms with Gasteiger partial charge in [0.2, 0.25) is 0 Å². The van der Waals surface area contributed by atoms with Crippen molar-refractivity contribution < 1.29 is 9.53 Å². The third kappa shape index (κ3) is 4.31. The molecule has 0 bridgehead atoms. The summed E-state index contributed by atoms with van der Waals surface area (Å²) in [6, 6.07) is 7.44. The minimum absolute atomic E-state index is 0.0411. The summed E-state index contributed by atoms with van der Waals surface area (Å²) in [4.78, 5) is 14.9. The number of benzene rings is 1. The van der Waals surface area contributed by atoms with E-state index in [1.165, 1.54) is 0 Å². The Bertz CT molecular complexity index is 776. The third-order valence-corrected chi connectivity index (χ3v) is 4.77. The topological polar surface area (TPSA) is 60.2 Å². The van der Waals surface area contributed by atoms with Gasteiger partial charge in [0, 0.05) is 26.6 Å². The highest BCUT2D eigenvalue weighted by atomic mass is 16.5. The number of rotatable bonds is 6. The molecule has 1 saturated heterocycles. The standard InChI is InChI=1S/C20H26N4O2/c1-15(2)13-26-18-7-5-4-6-17(18)20(25)24-10-8-16(9-11-24)12-19-22-21-14-23(19)3/h4-7,14,16H,1,8-13H2,2-3H3. The lowest BCUT2D eigenvalue weighted by Gasteiger charge is -2.32. The Morgan fingerprint density at radius 1 is 1.31 bits per heavy atom. The number of nitrogens with zero attached hydrogens (tertiary/aromatic N) is 4. The molecule has 26 heavy (non-hydrogen) atoms. The second-order valence-electron chi connectivity index (χ2n) is 7.04. The highest BCUT2D eigenvalue weighted by Crippen LogP contribution is 2.25. The predicted molar refractivity (Wildman–Crippen MR) is 100 cm³/mol. The first-order chi connectivity index (χ1) is 12.5. The summed E-state index contributed by atoms with van der Waals surface area (Å²) < 4.78 is 7.71. The zero-order chi connectivity index (χ0) is 18.5. The van der Waals surface area contributed by atoms with E-state index in [-0.39, 0.29) is 5.91 Å². The Labute approximate surface area is 154 Å². The van der Waals surface area contributed by atoms with E-state index in [9.17, 15) is 4.79 Å². The lowest BCUT2D eigenvalue weighted by atomic mass is 9.93. The molecule has 0 N–H and O–H groups in total. The molecule has 6 heteroatoms. The quantitative estimate of drug-likeness (QED) is 0.749. The maximum atomic E-state index is 12.9. The van der Waals surface area contributed by atoms with Crippen molar-refractivity contribution in [3.63, 3.8) is 0 Å². The Morgan fingerprint density at radius 2 is 2.04 bits per heavy atom. The van der Waals surface area contributed by atoms with Crippen LogP contribution in [0.4, 0.5) is 0 Å². The molecule has 0 radical (unpaired) electrons. The van der Waals surface area contributed by atoms with Crippen LogP contribution in [0.15, 0.2) is 42.7 Å². The van der Waals surface area contributed by atoms with Crippen LogP contribution in [-0.4, -0.2) is 45.3 Å². The fourth-order valence-corrected chi connectivity index (χ4v) is 3.23. The molecule has 0 spiro atoms. The minimum Gasteiger partial charge on any atom is -0.488 e. The Morgan fingerprint density at radius 3 is 2.69 bits per heavy atom. The SMILES string of the molecule is C=C(C)COc1ccccc1C(=O)N1CCC(Cc2nncn2C)CC1. The normalized spacial score (nSPS) is 15.1. The lowest BCUT2D eigenvalue weighted by Crippen LogP contribution is -2.39. The number of amides is 1. The first-order valence-electron chi connectivity index (χ1n) is 9.03. The number of carbonyl (C=O) groups is 1. The average molecular weight is 354 g/mol. The van der Waals surface area contributed by atoms with Gasteiger partial charge in [0.25, 0.3) is 5.91 Å². The first-order valence-corrected chi connectivity index (χ1v) is 9.03. The van der Waals surface area contributed by atoms with Gasteiger partial charge in [-0.1, -0.05) is 18.7 Å². The van der Waals surface area contributed by atoms with Crippen molar-refractivity contribution in [2.24, 2.45) is 13.0 Å². The Balaban J connectivity index is 1.60. The Hall–Kier alpha value is -2.63. The number of carbonyl (C=O) groups excluding carboxylic acids is 1. The van der Waals surface area contributed by atoms with Crippen LogP contribution in [0, 0.1) is 5.92 Å². The number of hydrogen-bond donors (Lipinski definition) is 0. The largest absolute Gasteiger partial charge is 0.488 e. The van der Waals surface area contributed by atoms with Crippen molar-refractivity contribution >= 4 is 5.91 Å². The molecule has 138 valence electrons. The number of likely N-dealkylation sites (tertiary alicyclic amines) is 1. The predicted octanol–water partition coefficient (Wildman–Crippen LogP) is 2.86. The average Bonchev–Trinajstić information content (AvgIpc) is 3.05. The molecule has 0 unspecified atom stereocenters. The molecule has 1 aromatic heterocycles. The van der Waals surface area contributed by atoms with Crippen molar-refractivity contribution in [2.45, 2.75) is 26.2 Å². The van der Waals surface area contributed by atoms with Crippen LogP contribution < -0.4 is 4.74 Å². The van der Waals surface area contributed by atoms with Crippen molar-refractivity contribution in [1.29, 1.82) is 0 Å². The molecule has 1 aromatic carbocycles. The van der Waals surface area contributed by atoms with Gasteiger partial charge in [-0.05, 0) is 43.4 Å². The molecule has 0 aliphatic carbocycles. The van der Waals surface area contributed by atoms with Crippen LogP contribution >= 0.6 is 0 Å². The summed E-state index contributed by atoms with van der Waals surface area (Å²) in [5, 5.41) is 8.10. The molecule has 1 amide bonds. The highest BCUT2D eigenvalue weighted by molar-refractivity contribution is 5.97. The van der Waals surface area contributed by atoms with Gasteiger partial charge in [-0.3, -0.25) is 4.79 Å². The van der Waals surface area contributed by atoms with E-state index in [0.29, 0.717) is 23.8 Å². The molecule has 6 nitrogen and oxygen atoms in total. The van der Waals surface area contributed by atoms with Gasteiger partial charge in [-0.15, -0.1) is 10.2 Å². The van der Waals surface area contributed by atoms with E-state index < -0.39 is 0 Å². The lowest BCUT2D eigenvalue weighted by molar-refractivity contribution is 0.0685. The van der Waals surface area contributed by atoms with E-state index >= 15 is 0 Å². The third-order valence-electron chi connectivity index (χ3n) is 4.77. The number of piperidine rings is 1. The fourth-order valence-electron chi connectivity index (χ4n) is 3.23. The van der Waals surface area contributed by atoms with Gasteiger partial charge in [0.1, 0.15) is 24.5 Å². The van der Waals surface area contributed by atoms with E-state index in [0.717, 1.165) is 43.7 Å². The van der Waals surface area contributed by atoms with Gasteiger partial charge in [-0.25, -0.2) is 0 Å². The molecule has 2 aromatic rings. The van der Waals surface area contributed by atoms with Crippen molar-refractivity contribution in [3.8, 4) is 5.75 Å². The molecule has 1 fully saturated rings. The van der Waals surface area contributed by atoms with Crippen molar-refractivity contribution in [1.82, 2.24) is 19.7 Å². The van der Waals surface area contributed by atoms with Crippen LogP contribution in [-0.2, 0) is 13.5 Å². The minimum atomic E-state index is 0.0411. The van der Waals surface area contributed by atoms with E-state index in [1.807, 2.05) is 47.7 Å².